The van der Waals surface area contributed by atoms with E-state index in [2.05, 4.69) is 4.98 Å². The van der Waals surface area contributed by atoms with Crippen LogP contribution in [0.3, 0.4) is 0 Å². The van der Waals surface area contributed by atoms with Crippen molar-refractivity contribution in [2.24, 2.45) is 5.41 Å². The lowest BCUT2D eigenvalue weighted by Gasteiger charge is -2.31. The average Bonchev–Trinajstić information content (AvgIpc) is 2.29. The first-order chi connectivity index (χ1) is 7.21. The van der Waals surface area contributed by atoms with Crippen LogP contribution in [0.4, 0.5) is 5.82 Å². The van der Waals surface area contributed by atoms with Crippen LogP contribution in [0.5, 0.6) is 0 Å². The lowest BCUT2D eigenvalue weighted by atomic mass is 9.73. The van der Waals surface area contributed by atoms with Gasteiger partial charge in [0.15, 0.2) is 0 Å². The Hall–Kier alpha value is -1.42. The highest BCUT2D eigenvalue weighted by Gasteiger charge is 2.34. The summed E-state index contributed by atoms with van der Waals surface area (Å²) in [6.45, 7) is -0.0990. The van der Waals surface area contributed by atoms with Gasteiger partial charge in [0, 0.05) is 6.20 Å². The molecule has 0 bridgehead atoms. The Morgan fingerprint density at radius 2 is 2.47 bits per heavy atom. The second-order valence-electron chi connectivity index (χ2n) is 4.15. The number of nitrogen functional groups attached to an aromatic ring is 1. The Morgan fingerprint density at radius 1 is 1.67 bits per heavy atom. The molecular weight excluding hydrogens is 192 g/mol. The highest BCUT2D eigenvalue weighted by atomic mass is 16.3. The van der Waals surface area contributed by atoms with Gasteiger partial charge in [0.2, 0.25) is 0 Å². The van der Waals surface area contributed by atoms with E-state index in [0.717, 1.165) is 17.4 Å². The van der Waals surface area contributed by atoms with Gasteiger partial charge in [0.1, 0.15) is 12.1 Å². The zero-order valence-corrected chi connectivity index (χ0v) is 8.44. The summed E-state index contributed by atoms with van der Waals surface area (Å²) in [5.74, 6) is 0.546. The van der Waals surface area contributed by atoms with Crippen molar-refractivity contribution in [1.29, 1.82) is 0 Å². The third-order valence-corrected chi connectivity index (χ3v) is 3.17. The number of nitrogens with zero attached hydrogens (tertiary/aromatic N) is 1. The molecule has 0 amide bonds. The van der Waals surface area contributed by atoms with Crippen LogP contribution in [-0.2, 0) is 17.6 Å². The normalized spacial score (nSPS) is 24.6. The Balaban J connectivity index is 2.38. The molecule has 1 aromatic heterocycles. The zero-order chi connectivity index (χ0) is 10.9. The molecule has 3 N–H and O–H groups in total. The lowest BCUT2D eigenvalue weighted by Crippen LogP contribution is -2.34. The first kappa shape index (κ1) is 10.1. The van der Waals surface area contributed by atoms with E-state index in [1.165, 1.54) is 0 Å². The molecular formula is C11H14N2O2. The number of carbonyl (C=O) groups is 1. The van der Waals surface area contributed by atoms with Gasteiger partial charge in [0.25, 0.3) is 0 Å². The lowest BCUT2D eigenvalue weighted by molar-refractivity contribution is -0.119. The van der Waals surface area contributed by atoms with E-state index >= 15 is 0 Å². The van der Waals surface area contributed by atoms with E-state index in [-0.39, 0.29) is 6.61 Å². The van der Waals surface area contributed by atoms with Crippen molar-refractivity contribution in [3.05, 3.63) is 23.4 Å². The summed E-state index contributed by atoms with van der Waals surface area (Å²) in [5.41, 5.74) is 7.21. The van der Waals surface area contributed by atoms with Crippen molar-refractivity contribution >= 4 is 12.1 Å². The SMILES string of the molecule is Nc1nccc2c1CCC(C=O)(CO)C2. The molecule has 15 heavy (non-hydrogen) atoms. The minimum atomic E-state index is -0.610. The van der Waals surface area contributed by atoms with Gasteiger partial charge in [-0.2, -0.15) is 0 Å². The largest absolute Gasteiger partial charge is 0.395 e. The summed E-state index contributed by atoms with van der Waals surface area (Å²) in [7, 11) is 0. The van der Waals surface area contributed by atoms with Crippen LogP contribution < -0.4 is 5.73 Å². The fourth-order valence-electron chi connectivity index (χ4n) is 2.12. The maximum atomic E-state index is 11.0. The van der Waals surface area contributed by atoms with Crippen molar-refractivity contribution in [1.82, 2.24) is 4.98 Å². The molecule has 0 fully saturated rings. The summed E-state index contributed by atoms with van der Waals surface area (Å²) in [4.78, 5) is 15.0. The van der Waals surface area contributed by atoms with Gasteiger partial charge < -0.3 is 15.6 Å². The van der Waals surface area contributed by atoms with Crippen LogP contribution in [0.25, 0.3) is 0 Å². The highest BCUT2D eigenvalue weighted by molar-refractivity contribution is 5.63. The maximum Gasteiger partial charge on any atom is 0.128 e. The molecule has 2 rings (SSSR count). The standard InChI is InChI=1S/C11H14N2O2/c12-10-9-1-3-11(6-14,7-15)5-8(9)2-4-13-10/h2,4,6,15H,1,3,5,7H2,(H2,12,13). The number of fused-ring (bicyclic) bond motifs is 1. The van der Waals surface area contributed by atoms with Crippen LogP contribution >= 0.6 is 0 Å². The third-order valence-electron chi connectivity index (χ3n) is 3.17. The van der Waals surface area contributed by atoms with Crippen molar-refractivity contribution in [2.75, 3.05) is 12.3 Å². The van der Waals surface area contributed by atoms with E-state index in [1.54, 1.807) is 6.20 Å². The molecule has 0 saturated carbocycles. The fraction of sp³-hybridized carbons (Fsp3) is 0.455. The average molecular weight is 206 g/mol. The second-order valence-corrected chi connectivity index (χ2v) is 4.15. The number of nitrogens with two attached hydrogens (primary N) is 1. The molecule has 4 heteroatoms. The van der Waals surface area contributed by atoms with Gasteiger partial charge in [-0.05, 0) is 36.5 Å². The molecule has 0 saturated heterocycles. The van der Waals surface area contributed by atoms with Gasteiger partial charge in [-0.3, -0.25) is 0 Å². The van der Waals surface area contributed by atoms with Crippen molar-refractivity contribution in [3.8, 4) is 0 Å². The minimum Gasteiger partial charge on any atom is -0.395 e. The number of hydrogen-bond acceptors (Lipinski definition) is 4. The zero-order valence-electron chi connectivity index (χ0n) is 8.44. The number of aldehydes is 1. The monoisotopic (exact) mass is 206 g/mol. The molecule has 1 aromatic rings. The van der Waals surface area contributed by atoms with Crippen molar-refractivity contribution < 1.29 is 9.90 Å². The van der Waals surface area contributed by atoms with E-state index in [1.807, 2.05) is 6.07 Å². The Labute approximate surface area is 88.1 Å². The highest BCUT2D eigenvalue weighted by Crippen LogP contribution is 2.35. The van der Waals surface area contributed by atoms with E-state index in [0.29, 0.717) is 25.1 Å². The summed E-state index contributed by atoms with van der Waals surface area (Å²) in [5, 5.41) is 9.26. The number of aliphatic hydroxyl groups is 1. The van der Waals surface area contributed by atoms with Crippen molar-refractivity contribution in [2.45, 2.75) is 19.3 Å². The predicted molar refractivity (Wildman–Crippen MR) is 56.3 cm³/mol. The molecule has 1 heterocycles. The number of hydrogen-bond donors (Lipinski definition) is 2. The number of rotatable bonds is 2. The summed E-state index contributed by atoms with van der Waals surface area (Å²) < 4.78 is 0. The van der Waals surface area contributed by atoms with Crippen LogP contribution in [0, 0.1) is 5.41 Å². The van der Waals surface area contributed by atoms with E-state index in [9.17, 15) is 9.90 Å². The minimum absolute atomic E-state index is 0.0990. The van der Waals surface area contributed by atoms with Crippen molar-refractivity contribution in [3.63, 3.8) is 0 Å². The molecule has 4 nitrogen and oxygen atoms in total. The first-order valence-corrected chi connectivity index (χ1v) is 5.00. The summed E-state index contributed by atoms with van der Waals surface area (Å²) >= 11 is 0. The molecule has 0 radical (unpaired) electrons. The third kappa shape index (κ3) is 1.61. The van der Waals surface area contributed by atoms with Gasteiger partial charge in [0.05, 0.1) is 12.0 Å². The quantitative estimate of drug-likeness (QED) is 0.684. The van der Waals surface area contributed by atoms with Gasteiger partial charge >= 0.3 is 0 Å². The molecule has 80 valence electrons. The smallest absolute Gasteiger partial charge is 0.128 e. The number of pyridine rings is 1. The predicted octanol–water partition coefficient (Wildman–Crippen LogP) is 0.330. The number of carbonyl (C=O) groups excluding carboxylic acids is 1. The van der Waals surface area contributed by atoms with E-state index in [4.69, 9.17) is 5.73 Å². The Kier molecular flexibility index (Phi) is 2.44. The first-order valence-electron chi connectivity index (χ1n) is 5.00. The molecule has 0 spiro atoms. The molecule has 0 aromatic carbocycles. The van der Waals surface area contributed by atoms with Gasteiger partial charge in [-0.1, -0.05) is 0 Å². The molecule has 1 atom stereocenters. The molecule has 1 aliphatic rings. The van der Waals surface area contributed by atoms with Crippen LogP contribution in [-0.4, -0.2) is 23.0 Å². The number of aliphatic hydroxyl groups excluding tert-OH is 1. The summed E-state index contributed by atoms with van der Waals surface area (Å²) in [6, 6.07) is 1.87. The van der Waals surface area contributed by atoms with Gasteiger partial charge in [-0.25, -0.2) is 4.98 Å². The van der Waals surface area contributed by atoms with Gasteiger partial charge in [-0.15, -0.1) is 0 Å². The maximum absolute atomic E-state index is 11.0. The fourth-order valence-corrected chi connectivity index (χ4v) is 2.12. The molecule has 1 aliphatic carbocycles. The Morgan fingerprint density at radius 3 is 3.13 bits per heavy atom. The van der Waals surface area contributed by atoms with E-state index < -0.39 is 5.41 Å². The molecule has 1 unspecified atom stereocenters. The number of anilines is 1. The topological polar surface area (TPSA) is 76.2 Å². The Bertz CT molecular complexity index is 392. The summed E-state index contributed by atoms with van der Waals surface area (Å²) in [6.07, 6.45) is 4.44. The van der Waals surface area contributed by atoms with Crippen LogP contribution in [0.15, 0.2) is 12.3 Å². The van der Waals surface area contributed by atoms with Crippen LogP contribution in [0.2, 0.25) is 0 Å². The number of aromatic nitrogens is 1. The molecule has 0 aliphatic heterocycles. The second kappa shape index (κ2) is 3.62. The van der Waals surface area contributed by atoms with Crippen LogP contribution in [0.1, 0.15) is 17.5 Å².